The second-order valence-electron chi connectivity index (χ2n) is 5.62. The van der Waals surface area contributed by atoms with Crippen LogP contribution in [0.25, 0.3) is 0 Å². The topological polar surface area (TPSA) is 29.5 Å². The van der Waals surface area contributed by atoms with Gasteiger partial charge < -0.3 is 9.64 Å². The summed E-state index contributed by atoms with van der Waals surface area (Å²) >= 11 is 3.35. The Bertz CT molecular complexity index is 341. The molecule has 2 fully saturated rings. The van der Waals surface area contributed by atoms with Gasteiger partial charge in [-0.05, 0) is 19.8 Å². The van der Waals surface area contributed by atoms with Gasteiger partial charge in [0.15, 0.2) is 0 Å². The van der Waals surface area contributed by atoms with Gasteiger partial charge in [0.2, 0.25) is 11.8 Å². The van der Waals surface area contributed by atoms with E-state index in [0.29, 0.717) is 31.3 Å². The Morgan fingerprint density at radius 2 is 2.21 bits per heavy atom. The summed E-state index contributed by atoms with van der Waals surface area (Å²) in [6.45, 7) is 2.91. The van der Waals surface area contributed by atoms with Crippen molar-refractivity contribution in [1.82, 2.24) is 4.90 Å². The molecule has 19 heavy (non-hydrogen) atoms. The van der Waals surface area contributed by atoms with Gasteiger partial charge in [0.25, 0.3) is 0 Å². The lowest BCUT2D eigenvalue weighted by molar-refractivity contribution is -0.153. The first-order chi connectivity index (χ1) is 8.91. The number of carbonyl (C=O) groups is 1. The SMILES string of the molecule is CC1CN(C(=O)C2CCCC(F)(F)C2)CC(CBr)O1. The summed E-state index contributed by atoms with van der Waals surface area (Å²) in [6.07, 6.45) is 0.558. The molecule has 3 unspecified atom stereocenters. The number of nitrogens with zero attached hydrogens (tertiary/aromatic N) is 1. The predicted molar refractivity (Wildman–Crippen MR) is 71.6 cm³/mol. The monoisotopic (exact) mass is 339 g/mol. The first-order valence-electron chi connectivity index (χ1n) is 6.79. The van der Waals surface area contributed by atoms with Gasteiger partial charge in [-0.25, -0.2) is 8.78 Å². The Labute approximate surface area is 120 Å². The molecule has 1 aliphatic heterocycles. The standard InChI is InChI=1S/C13H20BrF2NO2/c1-9-7-17(8-11(6-14)19-9)12(18)10-3-2-4-13(15,16)5-10/h9-11H,2-8H2,1H3. The molecule has 3 atom stereocenters. The molecule has 1 saturated heterocycles. The molecule has 2 rings (SSSR count). The molecule has 0 radical (unpaired) electrons. The maximum Gasteiger partial charge on any atom is 0.248 e. The maximum atomic E-state index is 13.4. The normalized spacial score (nSPS) is 35.2. The smallest absolute Gasteiger partial charge is 0.248 e. The van der Waals surface area contributed by atoms with Crippen LogP contribution in [-0.2, 0) is 9.53 Å². The largest absolute Gasteiger partial charge is 0.371 e. The fourth-order valence-electron chi connectivity index (χ4n) is 2.95. The lowest BCUT2D eigenvalue weighted by atomic mass is 9.85. The van der Waals surface area contributed by atoms with E-state index < -0.39 is 11.8 Å². The molecule has 0 aromatic carbocycles. The first-order valence-corrected chi connectivity index (χ1v) is 7.91. The minimum absolute atomic E-state index is 0.0376. The van der Waals surface area contributed by atoms with E-state index in [1.165, 1.54) is 0 Å². The van der Waals surface area contributed by atoms with Crippen molar-refractivity contribution >= 4 is 21.8 Å². The zero-order valence-corrected chi connectivity index (χ0v) is 12.7. The molecule has 1 heterocycles. The van der Waals surface area contributed by atoms with Gasteiger partial charge in [-0.2, -0.15) is 0 Å². The fraction of sp³-hybridized carbons (Fsp3) is 0.923. The van der Waals surface area contributed by atoms with Crippen molar-refractivity contribution in [3.63, 3.8) is 0 Å². The van der Waals surface area contributed by atoms with Crippen LogP contribution in [0, 0.1) is 5.92 Å². The molecule has 0 aromatic rings. The third-order valence-corrected chi connectivity index (χ3v) is 4.52. The molecule has 0 aromatic heterocycles. The third-order valence-electron chi connectivity index (χ3n) is 3.80. The molecule has 110 valence electrons. The second kappa shape index (κ2) is 6.04. The van der Waals surface area contributed by atoms with Crippen LogP contribution in [0.4, 0.5) is 8.78 Å². The Morgan fingerprint density at radius 3 is 2.84 bits per heavy atom. The third kappa shape index (κ3) is 3.88. The van der Waals surface area contributed by atoms with Crippen LogP contribution in [0.2, 0.25) is 0 Å². The summed E-state index contributed by atoms with van der Waals surface area (Å²) in [5, 5.41) is 0.655. The summed E-state index contributed by atoms with van der Waals surface area (Å²) in [4.78, 5) is 14.1. The minimum atomic E-state index is -2.68. The van der Waals surface area contributed by atoms with Crippen molar-refractivity contribution < 1.29 is 18.3 Å². The van der Waals surface area contributed by atoms with Gasteiger partial charge in [0.05, 0.1) is 12.2 Å². The molecule has 0 N–H and O–H groups in total. The zero-order chi connectivity index (χ0) is 14.0. The summed E-state index contributed by atoms with van der Waals surface area (Å²) in [6, 6.07) is 0. The molecule has 0 bridgehead atoms. The molecule has 6 heteroatoms. The molecule has 2 aliphatic rings. The van der Waals surface area contributed by atoms with Gasteiger partial charge in [-0.3, -0.25) is 4.79 Å². The highest BCUT2D eigenvalue weighted by atomic mass is 79.9. The van der Waals surface area contributed by atoms with Gasteiger partial charge in [0, 0.05) is 37.2 Å². The van der Waals surface area contributed by atoms with Crippen molar-refractivity contribution in [3.8, 4) is 0 Å². The lowest BCUT2D eigenvalue weighted by Crippen LogP contribution is -2.52. The van der Waals surface area contributed by atoms with Gasteiger partial charge >= 0.3 is 0 Å². The molecular weight excluding hydrogens is 320 g/mol. The van der Waals surface area contributed by atoms with Gasteiger partial charge in [-0.15, -0.1) is 0 Å². The van der Waals surface area contributed by atoms with Crippen LogP contribution >= 0.6 is 15.9 Å². The van der Waals surface area contributed by atoms with Crippen LogP contribution in [-0.4, -0.2) is 47.4 Å². The molecule has 1 amide bonds. The van der Waals surface area contributed by atoms with Gasteiger partial charge in [0.1, 0.15) is 0 Å². The van der Waals surface area contributed by atoms with E-state index in [4.69, 9.17) is 4.74 Å². The number of halogens is 3. The number of hydrogen-bond donors (Lipinski definition) is 0. The summed E-state index contributed by atoms with van der Waals surface area (Å²) in [7, 11) is 0. The minimum Gasteiger partial charge on any atom is -0.371 e. The Balaban J connectivity index is 1.98. The van der Waals surface area contributed by atoms with E-state index >= 15 is 0 Å². The van der Waals surface area contributed by atoms with Crippen molar-refractivity contribution in [1.29, 1.82) is 0 Å². The number of morpholine rings is 1. The average molecular weight is 340 g/mol. The summed E-state index contributed by atoms with van der Waals surface area (Å²) < 4.78 is 32.5. The average Bonchev–Trinajstić information content (AvgIpc) is 2.35. The summed E-state index contributed by atoms with van der Waals surface area (Å²) in [5.41, 5.74) is 0. The van der Waals surface area contributed by atoms with E-state index in [9.17, 15) is 13.6 Å². The van der Waals surface area contributed by atoms with Crippen LogP contribution in [0.15, 0.2) is 0 Å². The number of alkyl halides is 3. The molecule has 1 saturated carbocycles. The Morgan fingerprint density at radius 1 is 1.47 bits per heavy atom. The maximum absolute atomic E-state index is 13.4. The number of rotatable bonds is 2. The number of carbonyl (C=O) groups excluding carboxylic acids is 1. The highest BCUT2D eigenvalue weighted by Crippen LogP contribution is 2.37. The van der Waals surface area contributed by atoms with E-state index in [1.807, 2.05) is 6.92 Å². The highest BCUT2D eigenvalue weighted by Gasteiger charge is 2.41. The molecular formula is C13H20BrF2NO2. The van der Waals surface area contributed by atoms with Crippen LogP contribution in [0.3, 0.4) is 0 Å². The Hall–Kier alpha value is -0.230. The van der Waals surface area contributed by atoms with E-state index in [2.05, 4.69) is 15.9 Å². The lowest BCUT2D eigenvalue weighted by Gasteiger charge is -2.39. The zero-order valence-electron chi connectivity index (χ0n) is 11.1. The molecule has 1 aliphatic carbocycles. The quantitative estimate of drug-likeness (QED) is 0.724. The second-order valence-corrected chi connectivity index (χ2v) is 6.26. The van der Waals surface area contributed by atoms with Gasteiger partial charge in [-0.1, -0.05) is 15.9 Å². The van der Waals surface area contributed by atoms with E-state index in [1.54, 1.807) is 4.90 Å². The Kier molecular flexibility index (Phi) is 4.82. The van der Waals surface area contributed by atoms with Crippen LogP contribution in [0.1, 0.15) is 32.6 Å². The fourth-order valence-corrected chi connectivity index (χ4v) is 3.31. The number of ether oxygens (including phenoxy) is 1. The van der Waals surface area contributed by atoms with Crippen LogP contribution in [0.5, 0.6) is 0 Å². The first kappa shape index (κ1) is 15.2. The number of hydrogen-bond acceptors (Lipinski definition) is 2. The predicted octanol–water partition coefficient (Wildman–Crippen LogP) is 2.82. The van der Waals surface area contributed by atoms with Crippen molar-refractivity contribution in [2.45, 2.75) is 50.7 Å². The van der Waals surface area contributed by atoms with Crippen LogP contribution < -0.4 is 0 Å². The van der Waals surface area contributed by atoms with E-state index in [-0.39, 0.29) is 31.0 Å². The highest BCUT2D eigenvalue weighted by molar-refractivity contribution is 9.09. The molecule has 0 spiro atoms. The van der Waals surface area contributed by atoms with E-state index in [0.717, 1.165) is 0 Å². The molecule has 3 nitrogen and oxygen atoms in total. The van der Waals surface area contributed by atoms with Crippen molar-refractivity contribution in [2.75, 3.05) is 18.4 Å². The van der Waals surface area contributed by atoms with Crippen molar-refractivity contribution in [2.24, 2.45) is 5.92 Å². The summed E-state index contributed by atoms with van der Waals surface area (Å²) in [5.74, 6) is -3.32. The number of amides is 1. The van der Waals surface area contributed by atoms with Crippen molar-refractivity contribution in [3.05, 3.63) is 0 Å².